The van der Waals surface area contributed by atoms with E-state index < -0.39 is 0 Å². The van der Waals surface area contributed by atoms with Crippen molar-refractivity contribution in [2.75, 3.05) is 16.8 Å². The number of hydrogen-bond donors (Lipinski definition) is 2. The molecule has 2 aromatic carbocycles. The number of fused-ring (bicyclic) bond motifs is 1. The van der Waals surface area contributed by atoms with E-state index in [2.05, 4.69) is 31.2 Å². The molecular formula is C23H19BrN4O2S. The molecule has 6 nitrogen and oxygen atoms in total. The Kier molecular flexibility index (Phi) is 5.33. The molecule has 1 aliphatic rings. The van der Waals surface area contributed by atoms with E-state index in [4.69, 9.17) is 0 Å². The molecule has 8 heteroatoms. The average Bonchev–Trinajstić information content (AvgIpc) is 3.40. The summed E-state index contributed by atoms with van der Waals surface area (Å²) >= 11 is 4.91. The van der Waals surface area contributed by atoms with E-state index in [-0.39, 0.29) is 11.5 Å². The van der Waals surface area contributed by atoms with Crippen molar-refractivity contribution in [3.8, 4) is 11.1 Å². The van der Waals surface area contributed by atoms with Gasteiger partial charge in [-0.05, 0) is 48.4 Å². The van der Waals surface area contributed by atoms with Crippen LogP contribution in [0.25, 0.3) is 21.3 Å². The maximum atomic E-state index is 12.8. The predicted octanol–water partition coefficient (Wildman–Crippen LogP) is 5.15. The third-order valence-corrected chi connectivity index (χ3v) is 6.76. The van der Waals surface area contributed by atoms with Crippen molar-refractivity contribution < 1.29 is 4.79 Å². The standard InChI is InChI=1S/C23H19BrN4O2S/c24-15-5-3-14(4-6-15)18-13-31-23-21(18)22(30)26-19(27-23)12-25-16-7-9-17(10-8-16)28-11-1-2-20(28)29/h3-10,13,25H,1-2,11-12H2,(H,26,27,30). The summed E-state index contributed by atoms with van der Waals surface area (Å²) in [7, 11) is 0. The quantitative estimate of drug-likeness (QED) is 0.401. The van der Waals surface area contributed by atoms with Crippen LogP contribution in [0.4, 0.5) is 11.4 Å². The number of amides is 1. The second-order valence-corrected chi connectivity index (χ2v) is 9.17. The first-order chi connectivity index (χ1) is 15.1. The van der Waals surface area contributed by atoms with Gasteiger partial charge in [-0.1, -0.05) is 28.1 Å². The third-order valence-electron chi connectivity index (χ3n) is 5.36. The number of halogens is 1. The Morgan fingerprint density at radius 1 is 1.10 bits per heavy atom. The number of carbonyl (C=O) groups is 1. The van der Waals surface area contributed by atoms with Crippen molar-refractivity contribution in [1.29, 1.82) is 0 Å². The Morgan fingerprint density at radius 3 is 2.58 bits per heavy atom. The lowest BCUT2D eigenvalue weighted by atomic mass is 10.1. The monoisotopic (exact) mass is 494 g/mol. The molecule has 0 unspecified atom stereocenters. The van der Waals surface area contributed by atoms with Gasteiger partial charge in [0.15, 0.2) is 0 Å². The van der Waals surface area contributed by atoms with E-state index in [9.17, 15) is 9.59 Å². The third kappa shape index (κ3) is 4.00. The first-order valence-electron chi connectivity index (χ1n) is 9.99. The highest BCUT2D eigenvalue weighted by Gasteiger charge is 2.21. The van der Waals surface area contributed by atoms with Crippen LogP contribution in [-0.4, -0.2) is 22.4 Å². The summed E-state index contributed by atoms with van der Waals surface area (Å²) in [4.78, 5) is 34.8. The molecule has 4 aromatic rings. The number of H-pyrrole nitrogens is 1. The molecule has 2 aromatic heterocycles. The van der Waals surface area contributed by atoms with Crippen LogP contribution in [0, 0.1) is 0 Å². The molecule has 1 saturated heterocycles. The second kappa shape index (κ2) is 8.28. The topological polar surface area (TPSA) is 78.1 Å². The highest BCUT2D eigenvalue weighted by atomic mass is 79.9. The number of thiophene rings is 1. The van der Waals surface area contributed by atoms with Crippen LogP contribution < -0.4 is 15.8 Å². The minimum atomic E-state index is -0.135. The van der Waals surface area contributed by atoms with Gasteiger partial charge in [0.1, 0.15) is 10.7 Å². The molecule has 3 heterocycles. The van der Waals surface area contributed by atoms with Crippen LogP contribution in [0.5, 0.6) is 0 Å². The number of hydrogen-bond acceptors (Lipinski definition) is 5. The van der Waals surface area contributed by atoms with Crippen molar-refractivity contribution in [3.05, 3.63) is 74.6 Å². The van der Waals surface area contributed by atoms with Crippen molar-refractivity contribution >= 4 is 54.8 Å². The number of rotatable bonds is 5. The number of nitrogens with one attached hydrogen (secondary N) is 2. The summed E-state index contributed by atoms with van der Waals surface area (Å²) in [6.07, 6.45) is 1.53. The Balaban J connectivity index is 1.34. The minimum absolute atomic E-state index is 0.135. The summed E-state index contributed by atoms with van der Waals surface area (Å²) in [5, 5.41) is 5.89. The lowest BCUT2D eigenvalue weighted by molar-refractivity contribution is -0.117. The van der Waals surface area contributed by atoms with Gasteiger partial charge < -0.3 is 15.2 Å². The molecule has 1 amide bonds. The number of aromatic amines is 1. The molecular weight excluding hydrogens is 476 g/mol. The number of anilines is 2. The maximum absolute atomic E-state index is 12.8. The van der Waals surface area contributed by atoms with Gasteiger partial charge in [0, 0.05) is 39.8 Å². The fourth-order valence-electron chi connectivity index (χ4n) is 3.79. The van der Waals surface area contributed by atoms with Crippen LogP contribution >= 0.6 is 27.3 Å². The lowest BCUT2D eigenvalue weighted by Crippen LogP contribution is -2.23. The molecule has 156 valence electrons. The van der Waals surface area contributed by atoms with E-state index in [0.717, 1.165) is 44.8 Å². The van der Waals surface area contributed by atoms with E-state index in [1.165, 1.54) is 11.3 Å². The second-order valence-electron chi connectivity index (χ2n) is 7.40. The molecule has 1 aliphatic heterocycles. The largest absolute Gasteiger partial charge is 0.378 e. The lowest BCUT2D eigenvalue weighted by Gasteiger charge is -2.16. The van der Waals surface area contributed by atoms with Gasteiger partial charge in [-0.2, -0.15) is 0 Å². The highest BCUT2D eigenvalue weighted by Crippen LogP contribution is 2.31. The van der Waals surface area contributed by atoms with E-state index in [0.29, 0.717) is 24.2 Å². The zero-order chi connectivity index (χ0) is 21.4. The molecule has 0 radical (unpaired) electrons. The van der Waals surface area contributed by atoms with Gasteiger partial charge in [-0.15, -0.1) is 11.3 Å². The molecule has 0 atom stereocenters. The minimum Gasteiger partial charge on any atom is -0.378 e. The first kappa shape index (κ1) is 20.0. The molecule has 2 N–H and O–H groups in total. The Bertz CT molecular complexity index is 1310. The number of aromatic nitrogens is 2. The van der Waals surface area contributed by atoms with Crippen LogP contribution in [0.3, 0.4) is 0 Å². The molecule has 0 saturated carbocycles. The summed E-state index contributed by atoms with van der Waals surface area (Å²) in [5.41, 5.74) is 3.57. The summed E-state index contributed by atoms with van der Waals surface area (Å²) in [5.74, 6) is 0.759. The van der Waals surface area contributed by atoms with Crippen molar-refractivity contribution in [2.45, 2.75) is 19.4 Å². The van der Waals surface area contributed by atoms with Gasteiger partial charge in [0.05, 0.1) is 11.9 Å². The molecule has 0 bridgehead atoms. The average molecular weight is 495 g/mol. The summed E-state index contributed by atoms with van der Waals surface area (Å²) in [6.45, 7) is 1.18. The van der Waals surface area contributed by atoms with Gasteiger partial charge in [0.25, 0.3) is 5.56 Å². The van der Waals surface area contributed by atoms with E-state index in [1.807, 2.05) is 58.8 Å². The van der Waals surface area contributed by atoms with Gasteiger partial charge in [-0.25, -0.2) is 4.98 Å². The fourth-order valence-corrected chi connectivity index (χ4v) is 5.02. The number of benzene rings is 2. The smallest absolute Gasteiger partial charge is 0.260 e. The van der Waals surface area contributed by atoms with Crippen molar-refractivity contribution in [1.82, 2.24) is 9.97 Å². The van der Waals surface area contributed by atoms with Crippen molar-refractivity contribution in [3.63, 3.8) is 0 Å². The zero-order valence-electron chi connectivity index (χ0n) is 16.5. The molecule has 0 spiro atoms. The molecule has 5 rings (SSSR count). The van der Waals surface area contributed by atoms with Gasteiger partial charge in [-0.3, -0.25) is 9.59 Å². The van der Waals surface area contributed by atoms with E-state index >= 15 is 0 Å². The number of nitrogens with zero attached hydrogens (tertiary/aromatic N) is 2. The normalized spacial score (nSPS) is 13.8. The summed E-state index contributed by atoms with van der Waals surface area (Å²) < 4.78 is 0.997. The van der Waals surface area contributed by atoms with Crippen LogP contribution in [-0.2, 0) is 11.3 Å². The van der Waals surface area contributed by atoms with Crippen LogP contribution in [0.15, 0.2) is 63.2 Å². The van der Waals surface area contributed by atoms with Crippen molar-refractivity contribution in [2.24, 2.45) is 0 Å². The SMILES string of the molecule is O=C1CCCN1c1ccc(NCc2nc3scc(-c4ccc(Br)cc4)c3c(=O)[nH]2)cc1. The Labute approximate surface area is 191 Å². The fraction of sp³-hybridized carbons (Fsp3) is 0.174. The summed E-state index contributed by atoms with van der Waals surface area (Å²) in [6, 6.07) is 15.7. The Hall–Kier alpha value is -2.97. The molecule has 0 aliphatic carbocycles. The highest BCUT2D eigenvalue weighted by molar-refractivity contribution is 9.10. The predicted molar refractivity (Wildman–Crippen MR) is 129 cm³/mol. The molecule has 31 heavy (non-hydrogen) atoms. The van der Waals surface area contributed by atoms with Crippen LogP contribution in [0.1, 0.15) is 18.7 Å². The zero-order valence-corrected chi connectivity index (χ0v) is 18.9. The van der Waals surface area contributed by atoms with Gasteiger partial charge in [0.2, 0.25) is 5.91 Å². The van der Waals surface area contributed by atoms with Gasteiger partial charge >= 0.3 is 0 Å². The first-order valence-corrected chi connectivity index (χ1v) is 11.7. The van der Waals surface area contributed by atoms with Crippen LogP contribution in [0.2, 0.25) is 0 Å². The number of carbonyl (C=O) groups excluding carboxylic acids is 1. The Morgan fingerprint density at radius 2 is 1.87 bits per heavy atom. The molecule has 1 fully saturated rings. The maximum Gasteiger partial charge on any atom is 0.260 e. The van der Waals surface area contributed by atoms with E-state index in [1.54, 1.807) is 0 Å².